The summed E-state index contributed by atoms with van der Waals surface area (Å²) in [5, 5.41) is 0. The van der Waals surface area contributed by atoms with E-state index in [1.165, 1.54) is 0 Å². The van der Waals surface area contributed by atoms with Crippen LogP contribution >= 0.6 is 0 Å². The minimum atomic E-state index is -3.50. The first kappa shape index (κ1) is 17.5. The van der Waals surface area contributed by atoms with Crippen LogP contribution in [0.2, 0.25) is 0 Å². The van der Waals surface area contributed by atoms with Crippen LogP contribution in [0.15, 0.2) is 41.8 Å². The van der Waals surface area contributed by atoms with Crippen LogP contribution < -0.4 is 4.74 Å². The molecule has 5 nitrogen and oxygen atoms in total. The SMILES string of the molecule is C=CCN1CCC[C@@]12CCCN(S(=O)(=O)c1cccc(OC)c1)C2. The van der Waals surface area contributed by atoms with E-state index in [1.54, 1.807) is 35.7 Å². The van der Waals surface area contributed by atoms with Gasteiger partial charge >= 0.3 is 0 Å². The van der Waals surface area contributed by atoms with E-state index in [0.717, 1.165) is 38.8 Å². The zero-order chi connectivity index (χ0) is 17.2. The Bertz CT molecular complexity index is 704. The molecule has 2 aliphatic rings. The molecule has 1 atom stereocenters. The van der Waals surface area contributed by atoms with Crippen molar-refractivity contribution < 1.29 is 13.2 Å². The molecule has 0 radical (unpaired) electrons. The van der Waals surface area contributed by atoms with Crippen molar-refractivity contribution in [3.63, 3.8) is 0 Å². The number of benzene rings is 1. The Kier molecular flexibility index (Phi) is 4.99. The van der Waals surface area contributed by atoms with Crippen molar-refractivity contribution in [1.82, 2.24) is 9.21 Å². The maximum Gasteiger partial charge on any atom is 0.243 e. The highest BCUT2D eigenvalue weighted by molar-refractivity contribution is 7.89. The number of methoxy groups -OCH3 is 1. The molecule has 0 unspecified atom stereocenters. The number of piperidine rings is 1. The van der Waals surface area contributed by atoms with Crippen LogP contribution in [-0.2, 0) is 10.0 Å². The quantitative estimate of drug-likeness (QED) is 0.766. The topological polar surface area (TPSA) is 49.9 Å². The van der Waals surface area contributed by atoms with E-state index in [0.29, 0.717) is 23.7 Å². The molecule has 0 aromatic heterocycles. The van der Waals surface area contributed by atoms with Crippen LogP contribution in [0.1, 0.15) is 25.7 Å². The fraction of sp³-hybridized carbons (Fsp3) is 0.556. The zero-order valence-corrected chi connectivity index (χ0v) is 15.1. The standard InChI is InChI=1S/C18H26N2O3S/c1-3-11-19-12-5-9-18(19)10-6-13-20(15-18)24(21,22)17-8-4-7-16(14-17)23-2/h3-4,7-8,14H,1,5-6,9-13,15H2,2H3/t18-/m0/s1. The highest BCUT2D eigenvalue weighted by Crippen LogP contribution is 2.38. The maximum absolute atomic E-state index is 13.1. The minimum Gasteiger partial charge on any atom is -0.497 e. The van der Waals surface area contributed by atoms with E-state index in [4.69, 9.17) is 4.74 Å². The van der Waals surface area contributed by atoms with Crippen molar-refractivity contribution in [3.05, 3.63) is 36.9 Å². The maximum atomic E-state index is 13.1. The van der Waals surface area contributed by atoms with E-state index >= 15 is 0 Å². The van der Waals surface area contributed by atoms with Crippen molar-refractivity contribution in [2.75, 3.05) is 33.3 Å². The molecular weight excluding hydrogens is 324 g/mol. The van der Waals surface area contributed by atoms with Gasteiger partial charge in [-0.15, -0.1) is 6.58 Å². The number of hydrogen-bond acceptors (Lipinski definition) is 4. The summed E-state index contributed by atoms with van der Waals surface area (Å²) < 4.78 is 33.0. The Morgan fingerprint density at radius 2 is 2.04 bits per heavy atom. The first-order chi connectivity index (χ1) is 11.5. The summed E-state index contributed by atoms with van der Waals surface area (Å²) in [5.74, 6) is 0.567. The first-order valence-electron chi connectivity index (χ1n) is 8.52. The van der Waals surface area contributed by atoms with Crippen LogP contribution in [0, 0.1) is 0 Å². The van der Waals surface area contributed by atoms with Crippen LogP contribution in [0.3, 0.4) is 0 Å². The van der Waals surface area contributed by atoms with E-state index in [9.17, 15) is 8.42 Å². The largest absolute Gasteiger partial charge is 0.497 e. The van der Waals surface area contributed by atoms with Gasteiger partial charge in [-0.3, -0.25) is 4.90 Å². The lowest BCUT2D eigenvalue weighted by Crippen LogP contribution is -2.56. The average Bonchev–Trinajstić information content (AvgIpc) is 2.97. The summed E-state index contributed by atoms with van der Waals surface area (Å²) in [4.78, 5) is 2.72. The fourth-order valence-electron chi connectivity index (χ4n) is 4.08. The third-order valence-electron chi connectivity index (χ3n) is 5.29. The van der Waals surface area contributed by atoms with Crippen molar-refractivity contribution in [2.45, 2.75) is 36.1 Å². The molecule has 1 aromatic rings. The van der Waals surface area contributed by atoms with Gasteiger partial charge in [-0.25, -0.2) is 8.42 Å². The van der Waals surface area contributed by atoms with Crippen LogP contribution in [0.25, 0.3) is 0 Å². The monoisotopic (exact) mass is 350 g/mol. The number of nitrogens with zero attached hydrogens (tertiary/aromatic N) is 2. The second-order valence-corrected chi connectivity index (χ2v) is 8.62. The molecule has 132 valence electrons. The third kappa shape index (κ3) is 3.10. The minimum absolute atomic E-state index is 0.0294. The van der Waals surface area contributed by atoms with Gasteiger partial charge in [0.05, 0.1) is 12.0 Å². The van der Waals surface area contributed by atoms with E-state index in [2.05, 4.69) is 11.5 Å². The average molecular weight is 350 g/mol. The third-order valence-corrected chi connectivity index (χ3v) is 7.13. The second kappa shape index (κ2) is 6.86. The molecule has 1 spiro atoms. The first-order valence-corrected chi connectivity index (χ1v) is 9.96. The highest BCUT2D eigenvalue weighted by Gasteiger charge is 2.46. The molecule has 2 aliphatic heterocycles. The normalized spacial score (nSPS) is 25.9. The number of likely N-dealkylation sites (tertiary alicyclic amines) is 1. The van der Waals surface area contributed by atoms with Gasteiger partial charge in [0.15, 0.2) is 0 Å². The molecule has 0 bridgehead atoms. The Morgan fingerprint density at radius 1 is 1.29 bits per heavy atom. The Labute approximate surface area is 145 Å². The number of hydrogen-bond donors (Lipinski definition) is 0. The smallest absolute Gasteiger partial charge is 0.243 e. The summed E-state index contributed by atoms with van der Waals surface area (Å²) in [5.41, 5.74) is -0.0294. The number of rotatable bonds is 5. The lowest BCUT2D eigenvalue weighted by atomic mass is 9.87. The summed E-state index contributed by atoms with van der Waals surface area (Å²) in [6.45, 7) is 6.86. The Balaban J connectivity index is 1.87. The summed E-state index contributed by atoms with van der Waals surface area (Å²) in [6, 6.07) is 6.74. The van der Waals surface area contributed by atoms with Crippen LogP contribution in [0.5, 0.6) is 5.75 Å². The molecule has 0 saturated carbocycles. The zero-order valence-electron chi connectivity index (χ0n) is 14.3. The summed E-state index contributed by atoms with van der Waals surface area (Å²) >= 11 is 0. The molecule has 24 heavy (non-hydrogen) atoms. The molecular formula is C18H26N2O3S. The van der Waals surface area contributed by atoms with Crippen molar-refractivity contribution in [3.8, 4) is 5.75 Å². The van der Waals surface area contributed by atoms with Gasteiger partial charge in [0.1, 0.15) is 5.75 Å². The lowest BCUT2D eigenvalue weighted by molar-refractivity contribution is 0.0841. The summed E-state index contributed by atoms with van der Waals surface area (Å²) in [6.07, 6.45) is 6.07. The van der Waals surface area contributed by atoms with Gasteiger partial charge < -0.3 is 4.74 Å². The highest BCUT2D eigenvalue weighted by atomic mass is 32.2. The van der Waals surface area contributed by atoms with Gasteiger partial charge in [0.2, 0.25) is 10.0 Å². The number of sulfonamides is 1. The molecule has 1 aromatic carbocycles. The molecule has 2 saturated heterocycles. The van der Waals surface area contributed by atoms with Crippen LogP contribution in [0.4, 0.5) is 0 Å². The van der Waals surface area contributed by atoms with Crippen molar-refractivity contribution >= 4 is 10.0 Å². The van der Waals surface area contributed by atoms with E-state index in [1.807, 2.05) is 6.08 Å². The molecule has 0 N–H and O–H groups in total. The fourth-order valence-corrected chi connectivity index (χ4v) is 5.68. The van der Waals surface area contributed by atoms with E-state index in [-0.39, 0.29) is 5.54 Å². The Hall–Kier alpha value is -1.37. The molecule has 3 rings (SSSR count). The van der Waals surface area contributed by atoms with Gasteiger partial charge in [-0.2, -0.15) is 4.31 Å². The van der Waals surface area contributed by atoms with Crippen molar-refractivity contribution in [2.24, 2.45) is 0 Å². The molecule has 0 aliphatic carbocycles. The second-order valence-electron chi connectivity index (χ2n) is 6.68. The molecule has 6 heteroatoms. The predicted molar refractivity (Wildman–Crippen MR) is 94.7 cm³/mol. The van der Waals surface area contributed by atoms with Gasteiger partial charge in [-0.1, -0.05) is 12.1 Å². The van der Waals surface area contributed by atoms with Gasteiger partial charge in [0.25, 0.3) is 0 Å². The van der Waals surface area contributed by atoms with Gasteiger partial charge in [-0.05, 0) is 44.4 Å². The number of ether oxygens (including phenoxy) is 1. The molecule has 2 fully saturated rings. The summed E-state index contributed by atoms with van der Waals surface area (Å²) in [7, 11) is -1.95. The van der Waals surface area contributed by atoms with Gasteiger partial charge in [0, 0.05) is 31.2 Å². The Morgan fingerprint density at radius 3 is 2.75 bits per heavy atom. The van der Waals surface area contributed by atoms with Crippen molar-refractivity contribution in [1.29, 1.82) is 0 Å². The molecule has 2 heterocycles. The predicted octanol–water partition coefficient (Wildman–Crippen LogP) is 2.50. The van der Waals surface area contributed by atoms with E-state index < -0.39 is 10.0 Å². The lowest BCUT2D eigenvalue weighted by Gasteiger charge is -2.45. The van der Waals surface area contributed by atoms with Crippen LogP contribution in [-0.4, -0.2) is 56.5 Å². The molecule has 0 amide bonds.